The molecule has 0 amide bonds. The largest absolute Gasteiger partial charge is 0.497 e. The van der Waals surface area contributed by atoms with E-state index in [1.165, 1.54) is 7.11 Å². The highest BCUT2D eigenvalue weighted by atomic mass is 16.5. The molecule has 0 aliphatic carbocycles. The van der Waals surface area contributed by atoms with Gasteiger partial charge in [-0.3, -0.25) is 10.4 Å². The van der Waals surface area contributed by atoms with Crippen molar-refractivity contribution < 1.29 is 9.47 Å². The van der Waals surface area contributed by atoms with Crippen LogP contribution in [0.15, 0.2) is 48.7 Å². The van der Waals surface area contributed by atoms with Gasteiger partial charge in [-0.05, 0) is 29.8 Å². The van der Waals surface area contributed by atoms with Crippen molar-refractivity contribution in [3.63, 3.8) is 0 Å². The zero-order valence-corrected chi connectivity index (χ0v) is 12.0. The predicted molar refractivity (Wildman–Crippen MR) is 83.0 cm³/mol. The fourth-order valence-electron chi connectivity index (χ4n) is 2.00. The molecule has 0 atom stereocenters. The van der Waals surface area contributed by atoms with Crippen LogP contribution < -0.4 is 10.5 Å². The van der Waals surface area contributed by atoms with Crippen LogP contribution in [0.4, 0.5) is 0 Å². The Bertz CT molecular complexity index is 649. The van der Waals surface area contributed by atoms with Crippen LogP contribution in [0.3, 0.4) is 0 Å². The number of benzene rings is 1. The van der Waals surface area contributed by atoms with Gasteiger partial charge in [0, 0.05) is 6.20 Å². The third-order valence-electron chi connectivity index (χ3n) is 2.98. The van der Waals surface area contributed by atoms with Gasteiger partial charge in [0.15, 0.2) is 5.76 Å². The van der Waals surface area contributed by atoms with Crippen LogP contribution in [-0.2, 0) is 4.74 Å². The topological polar surface area (TPSA) is 81.2 Å². The van der Waals surface area contributed by atoms with Crippen LogP contribution in [0.25, 0.3) is 11.3 Å². The van der Waals surface area contributed by atoms with E-state index in [1.54, 1.807) is 13.3 Å². The third kappa shape index (κ3) is 3.20. The highest BCUT2D eigenvalue weighted by Crippen LogP contribution is 2.27. The van der Waals surface area contributed by atoms with Crippen molar-refractivity contribution in [2.75, 3.05) is 14.2 Å². The summed E-state index contributed by atoms with van der Waals surface area (Å²) in [5, 5.41) is 7.85. The molecule has 3 N–H and O–H groups in total. The van der Waals surface area contributed by atoms with Gasteiger partial charge in [0.2, 0.25) is 0 Å². The first kappa shape index (κ1) is 14.6. The molecule has 21 heavy (non-hydrogen) atoms. The van der Waals surface area contributed by atoms with Gasteiger partial charge in [-0.15, -0.1) is 0 Å². The Morgan fingerprint density at radius 1 is 1.10 bits per heavy atom. The van der Waals surface area contributed by atoms with Crippen molar-refractivity contribution in [3.05, 3.63) is 59.9 Å². The van der Waals surface area contributed by atoms with E-state index in [2.05, 4.69) is 4.98 Å². The Labute approximate surface area is 123 Å². The molecule has 1 heterocycles. The zero-order valence-electron chi connectivity index (χ0n) is 12.0. The molecule has 0 fully saturated rings. The van der Waals surface area contributed by atoms with Crippen LogP contribution in [0.5, 0.6) is 5.75 Å². The molecule has 1 aromatic carbocycles. The van der Waals surface area contributed by atoms with Crippen LogP contribution in [-0.4, -0.2) is 25.0 Å². The first-order valence-electron chi connectivity index (χ1n) is 6.36. The number of methoxy groups -OCH3 is 2. The summed E-state index contributed by atoms with van der Waals surface area (Å²) in [6.45, 7) is 0. The average molecular weight is 283 g/mol. The average Bonchev–Trinajstić information content (AvgIpc) is 2.53. The number of pyridine rings is 1. The minimum atomic E-state index is -0.0809. The van der Waals surface area contributed by atoms with Gasteiger partial charge in [-0.1, -0.05) is 18.2 Å². The lowest BCUT2D eigenvalue weighted by Crippen LogP contribution is -2.15. The fraction of sp³-hybridized carbons (Fsp3) is 0.125. The molecule has 108 valence electrons. The Balaban J connectivity index is 2.59. The van der Waals surface area contributed by atoms with E-state index >= 15 is 0 Å². The highest BCUT2D eigenvalue weighted by molar-refractivity contribution is 6.26. The van der Waals surface area contributed by atoms with Gasteiger partial charge in [0.1, 0.15) is 17.3 Å². The third-order valence-corrected chi connectivity index (χ3v) is 2.98. The summed E-state index contributed by atoms with van der Waals surface area (Å²) in [7, 11) is 3.14. The number of hydrogen-bond donors (Lipinski definition) is 2. The molecular weight excluding hydrogens is 266 g/mol. The number of rotatable bonds is 5. The van der Waals surface area contributed by atoms with E-state index in [4.69, 9.17) is 20.6 Å². The Kier molecular flexibility index (Phi) is 4.56. The van der Waals surface area contributed by atoms with Crippen LogP contribution in [0, 0.1) is 5.41 Å². The van der Waals surface area contributed by atoms with E-state index in [1.807, 2.05) is 42.5 Å². The molecule has 0 saturated heterocycles. The molecular formula is C16H17N3O2. The van der Waals surface area contributed by atoms with Crippen molar-refractivity contribution in [3.8, 4) is 5.75 Å². The van der Waals surface area contributed by atoms with E-state index in [-0.39, 0.29) is 5.84 Å². The SMILES string of the molecule is CO/C(=C(/C(=N)N)c1ccc(OC)cc1)c1ccccn1. The maximum Gasteiger partial charge on any atom is 0.155 e. The number of nitrogens with one attached hydrogen (secondary N) is 1. The number of hydrogen-bond acceptors (Lipinski definition) is 4. The van der Waals surface area contributed by atoms with Crippen LogP contribution in [0.2, 0.25) is 0 Å². The summed E-state index contributed by atoms with van der Waals surface area (Å²) in [5.41, 5.74) is 7.63. The van der Waals surface area contributed by atoms with Crippen molar-refractivity contribution in [2.24, 2.45) is 5.73 Å². The summed E-state index contributed by atoms with van der Waals surface area (Å²) < 4.78 is 10.6. The summed E-state index contributed by atoms with van der Waals surface area (Å²) in [6, 6.07) is 12.8. The molecule has 0 saturated carbocycles. The number of aromatic nitrogens is 1. The molecule has 0 aliphatic rings. The van der Waals surface area contributed by atoms with Crippen LogP contribution in [0.1, 0.15) is 11.3 Å². The minimum absolute atomic E-state index is 0.0809. The van der Waals surface area contributed by atoms with Gasteiger partial charge in [-0.25, -0.2) is 0 Å². The molecule has 5 nitrogen and oxygen atoms in total. The lowest BCUT2D eigenvalue weighted by Gasteiger charge is -2.13. The Hall–Kier alpha value is -2.82. The molecule has 0 bridgehead atoms. The molecule has 0 aliphatic heterocycles. The Morgan fingerprint density at radius 2 is 1.81 bits per heavy atom. The van der Waals surface area contributed by atoms with Crippen LogP contribution >= 0.6 is 0 Å². The first-order valence-corrected chi connectivity index (χ1v) is 6.36. The van der Waals surface area contributed by atoms with E-state index in [0.29, 0.717) is 17.0 Å². The van der Waals surface area contributed by atoms with Gasteiger partial charge in [-0.2, -0.15) is 0 Å². The summed E-state index contributed by atoms with van der Waals surface area (Å²) >= 11 is 0. The molecule has 2 aromatic rings. The lowest BCUT2D eigenvalue weighted by atomic mass is 10.0. The van der Waals surface area contributed by atoms with Crippen molar-refractivity contribution in [2.45, 2.75) is 0 Å². The zero-order chi connectivity index (χ0) is 15.2. The highest BCUT2D eigenvalue weighted by Gasteiger charge is 2.16. The van der Waals surface area contributed by atoms with E-state index in [0.717, 1.165) is 11.3 Å². The van der Waals surface area contributed by atoms with Gasteiger partial charge < -0.3 is 15.2 Å². The van der Waals surface area contributed by atoms with Gasteiger partial charge in [0.05, 0.1) is 19.8 Å². The molecule has 5 heteroatoms. The second-order valence-corrected chi connectivity index (χ2v) is 4.27. The maximum atomic E-state index is 7.85. The quantitative estimate of drug-likeness (QED) is 0.502. The maximum absolute atomic E-state index is 7.85. The minimum Gasteiger partial charge on any atom is -0.497 e. The second-order valence-electron chi connectivity index (χ2n) is 4.27. The van der Waals surface area contributed by atoms with Gasteiger partial charge >= 0.3 is 0 Å². The Morgan fingerprint density at radius 3 is 2.29 bits per heavy atom. The smallest absolute Gasteiger partial charge is 0.155 e. The molecule has 1 aromatic heterocycles. The standard InChI is InChI=1S/C16H17N3O2/c1-20-12-8-6-11(7-9-12)14(16(17)18)15(21-2)13-5-3-4-10-19-13/h3-10H,1-2H3,(H3,17,18)/b15-14+. The number of ether oxygens (including phenoxy) is 2. The molecule has 0 unspecified atom stereocenters. The molecule has 0 radical (unpaired) electrons. The van der Waals surface area contributed by atoms with E-state index < -0.39 is 0 Å². The molecule has 0 spiro atoms. The number of amidine groups is 1. The van der Waals surface area contributed by atoms with Crippen molar-refractivity contribution >= 4 is 17.2 Å². The number of nitrogens with zero attached hydrogens (tertiary/aromatic N) is 1. The molecule has 2 rings (SSSR count). The summed E-state index contributed by atoms with van der Waals surface area (Å²) in [5.74, 6) is 1.12. The predicted octanol–water partition coefficient (Wildman–Crippen LogP) is 2.54. The second kappa shape index (κ2) is 6.56. The summed E-state index contributed by atoms with van der Waals surface area (Å²) in [4.78, 5) is 4.25. The van der Waals surface area contributed by atoms with E-state index in [9.17, 15) is 0 Å². The van der Waals surface area contributed by atoms with Crippen molar-refractivity contribution in [1.29, 1.82) is 5.41 Å². The normalized spacial score (nSPS) is 11.5. The first-order chi connectivity index (χ1) is 10.2. The van der Waals surface area contributed by atoms with Gasteiger partial charge in [0.25, 0.3) is 0 Å². The lowest BCUT2D eigenvalue weighted by molar-refractivity contribution is 0.370. The monoisotopic (exact) mass is 283 g/mol. The van der Waals surface area contributed by atoms with Crippen molar-refractivity contribution in [1.82, 2.24) is 4.98 Å². The fourth-order valence-corrected chi connectivity index (χ4v) is 2.00. The number of nitrogens with two attached hydrogens (primary N) is 1. The summed E-state index contributed by atoms with van der Waals surface area (Å²) in [6.07, 6.45) is 1.67.